The molecule has 0 unspecified atom stereocenters. The predicted molar refractivity (Wildman–Crippen MR) is 76.5 cm³/mol. The van der Waals surface area contributed by atoms with Crippen LogP contribution in [0.1, 0.15) is 19.3 Å². The number of hydrogen-bond donors (Lipinski definition) is 2. The number of anilines is 1. The first kappa shape index (κ1) is 15.2. The van der Waals surface area contributed by atoms with Crippen molar-refractivity contribution in [1.29, 1.82) is 0 Å². The van der Waals surface area contributed by atoms with E-state index in [1.165, 1.54) is 12.1 Å². The van der Waals surface area contributed by atoms with Crippen LogP contribution < -0.4 is 10.6 Å². The van der Waals surface area contributed by atoms with Crippen molar-refractivity contribution >= 4 is 23.2 Å². The second kappa shape index (κ2) is 7.57. The van der Waals surface area contributed by atoms with Crippen LogP contribution in [0.2, 0.25) is 5.02 Å². The van der Waals surface area contributed by atoms with E-state index in [2.05, 4.69) is 10.6 Å². The predicted octanol–water partition coefficient (Wildman–Crippen LogP) is 2.58. The summed E-state index contributed by atoms with van der Waals surface area (Å²) in [7, 11) is 0. The molecule has 0 atom stereocenters. The van der Waals surface area contributed by atoms with Crippen LogP contribution in [0.5, 0.6) is 0 Å². The molecule has 110 valence electrons. The van der Waals surface area contributed by atoms with Crippen molar-refractivity contribution in [2.45, 2.75) is 25.4 Å². The van der Waals surface area contributed by atoms with Crippen LogP contribution in [0, 0.1) is 5.82 Å². The zero-order valence-corrected chi connectivity index (χ0v) is 11.9. The third-order valence-electron chi connectivity index (χ3n) is 3.17. The van der Waals surface area contributed by atoms with Crippen LogP contribution in [0.4, 0.5) is 10.1 Å². The average molecular weight is 301 g/mol. The molecule has 1 fully saturated rings. The molecule has 1 amide bonds. The van der Waals surface area contributed by atoms with Crippen LogP contribution in [0.15, 0.2) is 18.2 Å². The van der Waals surface area contributed by atoms with Crippen molar-refractivity contribution in [3.63, 3.8) is 0 Å². The molecule has 20 heavy (non-hydrogen) atoms. The van der Waals surface area contributed by atoms with Gasteiger partial charge in [0.05, 0.1) is 24.2 Å². The second-order valence-corrected chi connectivity index (χ2v) is 5.15. The largest absolute Gasteiger partial charge is 0.378 e. The minimum atomic E-state index is -0.546. The lowest BCUT2D eigenvalue weighted by molar-refractivity contribution is -0.117. The van der Waals surface area contributed by atoms with Gasteiger partial charge in [-0.3, -0.25) is 4.79 Å². The maximum Gasteiger partial charge on any atom is 0.226 e. The van der Waals surface area contributed by atoms with Gasteiger partial charge in [-0.05, 0) is 44.1 Å². The summed E-state index contributed by atoms with van der Waals surface area (Å²) in [5.74, 6) is -0.740. The van der Waals surface area contributed by atoms with Crippen LogP contribution in [0.25, 0.3) is 0 Å². The van der Waals surface area contributed by atoms with E-state index in [-0.39, 0.29) is 23.5 Å². The number of amides is 1. The number of carbonyl (C=O) groups is 1. The number of piperidine rings is 1. The molecule has 1 aliphatic heterocycles. The van der Waals surface area contributed by atoms with Crippen molar-refractivity contribution in [3.05, 3.63) is 29.0 Å². The molecule has 0 aromatic heterocycles. The first-order chi connectivity index (χ1) is 9.65. The zero-order chi connectivity index (χ0) is 14.4. The van der Waals surface area contributed by atoms with Crippen molar-refractivity contribution in [1.82, 2.24) is 5.32 Å². The molecule has 1 aromatic carbocycles. The van der Waals surface area contributed by atoms with Gasteiger partial charge in [-0.15, -0.1) is 0 Å². The Morgan fingerprint density at radius 1 is 1.45 bits per heavy atom. The minimum absolute atomic E-state index is 0.0391. The standard InChI is InChI=1S/C14H18ClFN2O2/c15-12-2-1-10(9-13(12)16)18-14(19)5-8-20-11-3-6-17-7-4-11/h1-2,9,11,17H,3-8H2,(H,18,19). The number of hydrogen-bond acceptors (Lipinski definition) is 3. The molecule has 1 saturated heterocycles. The van der Waals surface area contributed by atoms with Crippen molar-refractivity contribution in [2.24, 2.45) is 0 Å². The molecule has 2 rings (SSSR count). The SMILES string of the molecule is O=C(CCOC1CCNCC1)Nc1ccc(Cl)c(F)c1. The molecule has 2 N–H and O–H groups in total. The maximum absolute atomic E-state index is 13.2. The summed E-state index contributed by atoms with van der Waals surface area (Å²) in [6.07, 6.45) is 2.44. The van der Waals surface area contributed by atoms with Gasteiger partial charge < -0.3 is 15.4 Å². The number of carbonyl (C=O) groups excluding carboxylic acids is 1. The molecule has 0 saturated carbocycles. The molecule has 1 heterocycles. The summed E-state index contributed by atoms with van der Waals surface area (Å²) >= 11 is 5.57. The monoisotopic (exact) mass is 300 g/mol. The van der Waals surface area contributed by atoms with Crippen LogP contribution in [-0.2, 0) is 9.53 Å². The van der Waals surface area contributed by atoms with E-state index in [4.69, 9.17) is 16.3 Å². The van der Waals surface area contributed by atoms with E-state index < -0.39 is 5.82 Å². The van der Waals surface area contributed by atoms with E-state index in [1.54, 1.807) is 6.07 Å². The van der Waals surface area contributed by atoms with Crippen LogP contribution >= 0.6 is 11.6 Å². The fourth-order valence-electron chi connectivity index (χ4n) is 2.08. The quantitative estimate of drug-likeness (QED) is 0.879. The van der Waals surface area contributed by atoms with Gasteiger partial charge in [0.15, 0.2) is 0 Å². The van der Waals surface area contributed by atoms with E-state index in [0.717, 1.165) is 25.9 Å². The highest BCUT2D eigenvalue weighted by molar-refractivity contribution is 6.30. The number of nitrogens with one attached hydrogen (secondary N) is 2. The fraction of sp³-hybridized carbons (Fsp3) is 0.500. The highest BCUT2D eigenvalue weighted by Gasteiger charge is 2.13. The Hall–Kier alpha value is -1.17. The molecular weight excluding hydrogens is 283 g/mol. The van der Waals surface area contributed by atoms with Gasteiger partial charge in [0, 0.05) is 5.69 Å². The van der Waals surface area contributed by atoms with Crippen molar-refractivity contribution < 1.29 is 13.9 Å². The Bertz CT molecular complexity index is 464. The summed E-state index contributed by atoms with van der Waals surface area (Å²) in [5, 5.41) is 5.91. The van der Waals surface area contributed by atoms with E-state index in [1.807, 2.05) is 0 Å². The maximum atomic E-state index is 13.2. The van der Waals surface area contributed by atoms with E-state index >= 15 is 0 Å². The smallest absolute Gasteiger partial charge is 0.226 e. The third kappa shape index (κ3) is 4.74. The summed E-state index contributed by atoms with van der Waals surface area (Å²) < 4.78 is 18.8. The van der Waals surface area contributed by atoms with Gasteiger partial charge in [-0.25, -0.2) is 4.39 Å². The highest BCUT2D eigenvalue weighted by Crippen LogP contribution is 2.18. The van der Waals surface area contributed by atoms with Crippen LogP contribution in [-0.4, -0.2) is 31.7 Å². The van der Waals surface area contributed by atoms with Gasteiger partial charge in [0.1, 0.15) is 5.82 Å². The molecular formula is C14H18ClFN2O2. The second-order valence-electron chi connectivity index (χ2n) is 4.75. The Morgan fingerprint density at radius 3 is 2.90 bits per heavy atom. The first-order valence-corrected chi connectivity index (χ1v) is 7.10. The lowest BCUT2D eigenvalue weighted by atomic mass is 10.1. The lowest BCUT2D eigenvalue weighted by Crippen LogP contribution is -2.33. The number of ether oxygens (including phenoxy) is 1. The topological polar surface area (TPSA) is 50.4 Å². The third-order valence-corrected chi connectivity index (χ3v) is 3.48. The molecule has 6 heteroatoms. The van der Waals surface area contributed by atoms with E-state index in [0.29, 0.717) is 12.3 Å². The molecule has 0 radical (unpaired) electrons. The fourth-order valence-corrected chi connectivity index (χ4v) is 2.20. The first-order valence-electron chi connectivity index (χ1n) is 6.72. The summed E-state index contributed by atoms with van der Waals surface area (Å²) in [6, 6.07) is 4.18. The van der Waals surface area contributed by atoms with Gasteiger partial charge >= 0.3 is 0 Å². The summed E-state index contributed by atoms with van der Waals surface area (Å²) in [5.41, 5.74) is 0.402. The number of rotatable bonds is 5. The summed E-state index contributed by atoms with van der Waals surface area (Å²) in [6.45, 7) is 2.30. The lowest BCUT2D eigenvalue weighted by Gasteiger charge is -2.22. The molecule has 0 bridgehead atoms. The van der Waals surface area contributed by atoms with Crippen molar-refractivity contribution in [3.8, 4) is 0 Å². The van der Waals surface area contributed by atoms with Crippen molar-refractivity contribution in [2.75, 3.05) is 25.0 Å². The van der Waals surface area contributed by atoms with Gasteiger partial charge in [-0.2, -0.15) is 0 Å². The normalized spacial score (nSPS) is 16.1. The Labute approximate surface area is 122 Å². The highest BCUT2D eigenvalue weighted by atomic mass is 35.5. The molecule has 4 nitrogen and oxygen atoms in total. The minimum Gasteiger partial charge on any atom is -0.378 e. The molecule has 1 aliphatic rings. The van der Waals surface area contributed by atoms with Gasteiger partial charge in [0.25, 0.3) is 0 Å². The Balaban J connectivity index is 1.70. The average Bonchev–Trinajstić information content (AvgIpc) is 2.44. The van der Waals surface area contributed by atoms with Crippen LogP contribution in [0.3, 0.4) is 0 Å². The Kier molecular flexibility index (Phi) is 5.76. The molecule has 1 aromatic rings. The van der Waals surface area contributed by atoms with E-state index in [9.17, 15) is 9.18 Å². The zero-order valence-electron chi connectivity index (χ0n) is 11.1. The van der Waals surface area contributed by atoms with Gasteiger partial charge in [-0.1, -0.05) is 11.6 Å². The Morgan fingerprint density at radius 2 is 2.20 bits per heavy atom. The number of benzene rings is 1. The molecule has 0 aliphatic carbocycles. The van der Waals surface area contributed by atoms with Gasteiger partial charge in [0.2, 0.25) is 5.91 Å². The summed E-state index contributed by atoms with van der Waals surface area (Å²) in [4.78, 5) is 11.7. The number of halogens is 2. The molecule has 0 spiro atoms.